The van der Waals surface area contributed by atoms with Gasteiger partial charge in [0.1, 0.15) is 6.61 Å². The summed E-state index contributed by atoms with van der Waals surface area (Å²) in [6.45, 7) is 2.71. The lowest BCUT2D eigenvalue weighted by atomic mass is 10.1. The summed E-state index contributed by atoms with van der Waals surface area (Å²) in [5.41, 5.74) is 1.12. The SMILES string of the molecule is O=C(COC1CCNCC1)NCCc1cccc(Cl)c1. The molecule has 20 heavy (non-hydrogen) atoms. The predicted octanol–water partition coefficient (Wildman–Crippen LogP) is 1.77. The molecule has 110 valence electrons. The van der Waals surface area contributed by atoms with Gasteiger partial charge in [0.15, 0.2) is 0 Å². The zero-order chi connectivity index (χ0) is 14.2. The maximum atomic E-state index is 11.7. The molecule has 0 atom stereocenters. The summed E-state index contributed by atoms with van der Waals surface area (Å²) >= 11 is 5.91. The third-order valence-corrected chi connectivity index (χ3v) is 3.60. The van der Waals surface area contributed by atoms with Crippen molar-refractivity contribution in [1.29, 1.82) is 0 Å². The van der Waals surface area contributed by atoms with E-state index in [1.165, 1.54) is 0 Å². The molecule has 0 saturated carbocycles. The van der Waals surface area contributed by atoms with Gasteiger partial charge in [0.2, 0.25) is 5.91 Å². The Kier molecular flexibility index (Phi) is 6.30. The number of nitrogens with one attached hydrogen (secondary N) is 2. The van der Waals surface area contributed by atoms with E-state index in [0.717, 1.165) is 42.9 Å². The number of carbonyl (C=O) groups excluding carboxylic acids is 1. The van der Waals surface area contributed by atoms with Gasteiger partial charge in [-0.25, -0.2) is 0 Å². The Hall–Kier alpha value is -1.10. The average molecular weight is 297 g/mol. The van der Waals surface area contributed by atoms with Gasteiger partial charge >= 0.3 is 0 Å². The van der Waals surface area contributed by atoms with Crippen molar-refractivity contribution in [1.82, 2.24) is 10.6 Å². The van der Waals surface area contributed by atoms with Gasteiger partial charge in [0.05, 0.1) is 6.10 Å². The molecule has 5 heteroatoms. The van der Waals surface area contributed by atoms with Crippen LogP contribution >= 0.6 is 11.6 Å². The molecule has 0 unspecified atom stereocenters. The van der Waals surface area contributed by atoms with E-state index in [9.17, 15) is 4.79 Å². The molecule has 1 aliphatic heterocycles. The summed E-state index contributed by atoms with van der Waals surface area (Å²) in [6.07, 6.45) is 2.96. The van der Waals surface area contributed by atoms with Gasteiger partial charge in [-0.2, -0.15) is 0 Å². The van der Waals surface area contributed by atoms with Crippen LogP contribution in [0.15, 0.2) is 24.3 Å². The first-order chi connectivity index (χ1) is 9.74. The van der Waals surface area contributed by atoms with E-state index in [1.807, 2.05) is 24.3 Å². The van der Waals surface area contributed by atoms with Crippen molar-refractivity contribution in [2.45, 2.75) is 25.4 Å². The second-order valence-corrected chi connectivity index (χ2v) is 5.43. The topological polar surface area (TPSA) is 50.4 Å². The Morgan fingerprint density at radius 2 is 2.20 bits per heavy atom. The number of piperidine rings is 1. The number of rotatable bonds is 6. The Morgan fingerprint density at radius 1 is 1.40 bits per heavy atom. The highest BCUT2D eigenvalue weighted by atomic mass is 35.5. The molecule has 4 nitrogen and oxygen atoms in total. The molecular weight excluding hydrogens is 276 g/mol. The fraction of sp³-hybridized carbons (Fsp3) is 0.533. The molecule has 2 N–H and O–H groups in total. The monoisotopic (exact) mass is 296 g/mol. The zero-order valence-electron chi connectivity index (χ0n) is 11.5. The van der Waals surface area contributed by atoms with Crippen molar-refractivity contribution in [2.24, 2.45) is 0 Å². The fourth-order valence-corrected chi connectivity index (χ4v) is 2.46. The summed E-state index contributed by atoms with van der Waals surface area (Å²) in [5.74, 6) is -0.0504. The van der Waals surface area contributed by atoms with Gasteiger partial charge in [0, 0.05) is 11.6 Å². The molecule has 2 rings (SSSR count). The quantitative estimate of drug-likeness (QED) is 0.841. The minimum absolute atomic E-state index is 0.0504. The van der Waals surface area contributed by atoms with E-state index < -0.39 is 0 Å². The van der Waals surface area contributed by atoms with Gasteiger partial charge in [-0.05, 0) is 50.0 Å². The van der Waals surface area contributed by atoms with Crippen LogP contribution in [0.1, 0.15) is 18.4 Å². The molecule has 1 aliphatic rings. The molecule has 0 spiro atoms. The third kappa shape index (κ3) is 5.49. The first-order valence-electron chi connectivity index (χ1n) is 7.07. The van der Waals surface area contributed by atoms with Crippen LogP contribution in [0.4, 0.5) is 0 Å². The summed E-state index contributed by atoms with van der Waals surface area (Å²) in [6, 6.07) is 7.68. The zero-order valence-corrected chi connectivity index (χ0v) is 12.3. The highest BCUT2D eigenvalue weighted by molar-refractivity contribution is 6.30. The Morgan fingerprint density at radius 3 is 2.95 bits per heavy atom. The van der Waals surface area contributed by atoms with Crippen LogP contribution < -0.4 is 10.6 Å². The maximum Gasteiger partial charge on any atom is 0.246 e. The molecule has 1 amide bonds. The number of hydrogen-bond acceptors (Lipinski definition) is 3. The van der Waals surface area contributed by atoms with Crippen molar-refractivity contribution in [2.75, 3.05) is 26.2 Å². The van der Waals surface area contributed by atoms with Crippen LogP contribution in [0, 0.1) is 0 Å². The third-order valence-electron chi connectivity index (χ3n) is 3.36. The number of halogens is 1. The van der Waals surface area contributed by atoms with Gasteiger partial charge in [-0.1, -0.05) is 23.7 Å². The van der Waals surface area contributed by atoms with Crippen molar-refractivity contribution in [3.8, 4) is 0 Å². The van der Waals surface area contributed by atoms with E-state index in [2.05, 4.69) is 10.6 Å². The highest BCUT2D eigenvalue weighted by Crippen LogP contribution is 2.10. The second-order valence-electron chi connectivity index (χ2n) is 4.99. The largest absolute Gasteiger partial charge is 0.368 e. The van der Waals surface area contributed by atoms with Gasteiger partial charge < -0.3 is 15.4 Å². The second kappa shape index (κ2) is 8.25. The predicted molar refractivity (Wildman–Crippen MR) is 80.0 cm³/mol. The lowest BCUT2D eigenvalue weighted by Crippen LogP contribution is -2.36. The van der Waals surface area contributed by atoms with Crippen LogP contribution in [0.3, 0.4) is 0 Å². The maximum absolute atomic E-state index is 11.7. The van der Waals surface area contributed by atoms with Crippen LogP contribution in [0.5, 0.6) is 0 Å². The van der Waals surface area contributed by atoms with Gasteiger partial charge in [0.25, 0.3) is 0 Å². The first-order valence-corrected chi connectivity index (χ1v) is 7.45. The number of benzene rings is 1. The molecule has 0 aliphatic carbocycles. The smallest absolute Gasteiger partial charge is 0.246 e. The van der Waals surface area contributed by atoms with E-state index >= 15 is 0 Å². The summed E-state index contributed by atoms with van der Waals surface area (Å²) in [7, 11) is 0. The van der Waals surface area contributed by atoms with Crippen molar-refractivity contribution < 1.29 is 9.53 Å². The lowest BCUT2D eigenvalue weighted by Gasteiger charge is -2.22. The number of hydrogen-bond donors (Lipinski definition) is 2. The first kappa shape index (κ1) is 15.3. The summed E-state index contributed by atoms with van der Waals surface area (Å²) in [5, 5.41) is 6.86. The van der Waals surface area contributed by atoms with Gasteiger partial charge in [-0.15, -0.1) is 0 Å². The minimum Gasteiger partial charge on any atom is -0.368 e. The van der Waals surface area contributed by atoms with Crippen molar-refractivity contribution in [3.63, 3.8) is 0 Å². The molecule has 1 aromatic rings. The molecule has 0 bridgehead atoms. The molecule has 1 saturated heterocycles. The van der Waals surface area contributed by atoms with Crippen molar-refractivity contribution >= 4 is 17.5 Å². The van der Waals surface area contributed by atoms with Gasteiger partial charge in [-0.3, -0.25) is 4.79 Å². The van der Waals surface area contributed by atoms with E-state index in [-0.39, 0.29) is 18.6 Å². The van der Waals surface area contributed by atoms with E-state index in [0.29, 0.717) is 6.54 Å². The average Bonchev–Trinajstić information content (AvgIpc) is 2.46. The van der Waals surface area contributed by atoms with Crippen LogP contribution in [0.2, 0.25) is 5.02 Å². The molecule has 0 aromatic heterocycles. The molecule has 1 heterocycles. The van der Waals surface area contributed by atoms with Crippen LogP contribution in [-0.2, 0) is 16.0 Å². The Balaban J connectivity index is 1.60. The Bertz CT molecular complexity index is 434. The molecule has 1 aromatic carbocycles. The Labute approximate surface area is 124 Å². The molecule has 1 fully saturated rings. The standard InChI is InChI=1S/C15H21ClN2O2/c16-13-3-1-2-12(10-13)4-9-18-15(19)11-20-14-5-7-17-8-6-14/h1-3,10,14,17H,4-9,11H2,(H,18,19). The number of carbonyl (C=O) groups is 1. The fourth-order valence-electron chi connectivity index (χ4n) is 2.25. The molecule has 0 radical (unpaired) electrons. The van der Waals surface area contributed by atoms with E-state index in [1.54, 1.807) is 0 Å². The highest BCUT2D eigenvalue weighted by Gasteiger charge is 2.14. The van der Waals surface area contributed by atoms with Crippen LogP contribution in [0.25, 0.3) is 0 Å². The molecular formula is C15H21ClN2O2. The number of ether oxygens (including phenoxy) is 1. The normalized spacial score (nSPS) is 16.1. The lowest BCUT2D eigenvalue weighted by molar-refractivity contribution is -0.128. The minimum atomic E-state index is -0.0504. The van der Waals surface area contributed by atoms with E-state index in [4.69, 9.17) is 16.3 Å². The summed E-state index contributed by atoms with van der Waals surface area (Å²) < 4.78 is 5.59. The van der Waals surface area contributed by atoms with Crippen LogP contribution in [-0.4, -0.2) is 38.3 Å². The number of amides is 1. The van der Waals surface area contributed by atoms with Crippen molar-refractivity contribution in [3.05, 3.63) is 34.9 Å². The summed E-state index contributed by atoms with van der Waals surface area (Å²) in [4.78, 5) is 11.7.